The van der Waals surface area contributed by atoms with E-state index in [0.29, 0.717) is 18.7 Å². The van der Waals surface area contributed by atoms with Gasteiger partial charge in [-0.05, 0) is 13.0 Å². The third-order valence-corrected chi connectivity index (χ3v) is 3.85. The summed E-state index contributed by atoms with van der Waals surface area (Å²) in [5.41, 5.74) is 1.67. The first-order valence-electron chi connectivity index (χ1n) is 7.97. The monoisotopic (exact) mass is 342 g/mol. The fraction of sp³-hybridized carbons (Fsp3) is 0.294. The van der Waals surface area contributed by atoms with Crippen LogP contribution in [0.15, 0.2) is 42.9 Å². The van der Waals surface area contributed by atoms with Crippen molar-refractivity contribution in [1.82, 2.24) is 29.7 Å². The van der Waals surface area contributed by atoms with Crippen LogP contribution in [-0.4, -0.2) is 42.1 Å². The van der Waals surface area contributed by atoms with Gasteiger partial charge in [0.05, 0.1) is 18.9 Å². The predicted octanol–water partition coefficient (Wildman–Crippen LogP) is 1.86. The molecule has 0 aliphatic heterocycles. The average molecular weight is 342 g/mol. The SMILES string of the molecule is CCN(Cc1cnn(C)c1)C(=O)c1cn(Cc2ccccc2F)nn1. The number of halogens is 1. The number of amides is 1. The van der Waals surface area contributed by atoms with Gasteiger partial charge in [0.25, 0.3) is 5.91 Å². The summed E-state index contributed by atoms with van der Waals surface area (Å²) >= 11 is 0. The van der Waals surface area contributed by atoms with E-state index in [4.69, 9.17) is 0 Å². The molecule has 0 bridgehead atoms. The van der Waals surface area contributed by atoms with Gasteiger partial charge in [-0.2, -0.15) is 5.10 Å². The van der Waals surface area contributed by atoms with Gasteiger partial charge in [-0.15, -0.1) is 5.10 Å². The van der Waals surface area contributed by atoms with Crippen molar-refractivity contribution in [1.29, 1.82) is 0 Å². The normalized spacial score (nSPS) is 10.8. The summed E-state index contributed by atoms with van der Waals surface area (Å²) in [7, 11) is 1.83. The molecule has 1 aromatic carbocycles. The molecule has 3 rings (SSSR count). The lowest BCUT2D eigenvalue weighted by atomic mass is 10.2. The Balaban J connectivity index is 1.71. The Morgan fingerprint density at radius 2 is 2.08 bits per heavy atom. The summed E-state index contributed by atoms with van der Waals surface area (Å²) in [6.07, 6.45) is 5.14. The third-order valence-electron chi connectivity index (χ3n) is 3.85. The molecule has 0 unspecified atom stereocenters. The van der Waals surface area contributed by atoms with Crippen LogP contribution >= 0.6 is 0 Å². The molecular formula is C17H19FN6O. The lowest BCUT2D eigenvalue weighted by Crippen LogP contribution is -2.30. The maximum atomic E-state index is 13.7. The van der Waals surface area contributed by atoms with Crippen LogP contribution in [0.25, 0.3) is 0 Å². The van der Waals surface area contributed by atoms with Crippen LogP contribution in [0.2, 0.25) is 0 Å². The minimum atomic E-state index is -0.308. The smallest absolute Gasteiger partial charge is 0.276 e. The van der Waals surface area contributed by atoms with Gasteiger partial charge in [0.15, 0.2) is 5.69 Å². The van der Waals surface area contributed by atoms with E-state index >= 15 is 0 Å². The number of rotatable bonds is 6. The van der Waals surface area contributed by atoms with Crippen LogP contribution < -0.4 is 0 Å². The molecule has 1 amide bonds. The van der Waals surface area contributed by atoms with Gasteiger partial charge >= 0.3 is 0 Å². The van der Waals surface area contributed by atoms with Gasteiger partial charge < -0.3 is 4.90 Å². The van der Waals surface area contributed by atoms with E-state index in [2.05, 4.69) is 15.4 Å². The molecule has 0 radical (unpaired) electrons. The van der Waals surface area contributed by atoms with Gasteiger partial charge in [0.1, 0.15) is 5.82 Å². The highest BCUT2D eigenvalue weighted by Crippen LogP contribution is 2.10. The lowest BCUT2D eigenvalue weighted by molar-refractivity contribution is 0.0746. The molecule has 25 heavy (non-hydrogen) atoms. The summed E-state index contributed by atoms with van der Waals surface area (Å²) in [6.45, 7) is 3.11. The minimum Gasteiger partial charge on any atom is -0.333 e. The van der Waals surface area contributed by atoms with Crippen molar-refractivity contribution in [3.05, 3.63) is 65.5 Å². The number of hydrogen-bond acceptors (Lipinski definition) is 4. The van der Waals surface area contributed by atoms with E-state index in [9.17, 15) is 9.18 Å². The number of benzene rings is 1. The molecule has 8 heteroatoms. The molecule has 3 aromatic rings. The number of carbonyl (C=O) groups is 1. The van der Waals surface area contributed by atoms with Crippen LogP contribution in [-0.2, 0) is 20.1 Å². The molecule has 0 saturated carbocycles. The fourth-order valence-corrected chi connectivity index (χ4v) is 2.54. The quantitative estimate of drug-likeness (QED) is 0.686. The Morgan fingerprint density at radius 1 is 1.28 bits per heavy atom. The number of aryl methyl sites for hydroxylation is 1. The van der Waals surface area contributed by atoms with E-state index in [0.717, 1.165) is 5.56 Å². The van der Waals surface area contributed by atoms with Crippen molar-refractivity contribution >= 4 is 5.91 Å². The summed E-state index contributed by atoms with van der Waals surface area (Å²) < 4.78 is 16.9. The molecule has 0 fully saturated rings. The topological polar surface area (TPSA) is 68.8 Å². The van der Waals surface area contributed by atoms with E-state index in [1.165, 1.54) is 10.7 Å². The highest BCUT2D eigenvalue weighted by atomic mass is 19.1. The van der Waals surface area contributed by atoms with Crippen LogP contribution in [0.4, 0.5) is 4.39 Å². The Morgan fingerprint density at radius 3 is 2.76 bits per heavy atom. The summed E-state index contributed by atoms with van der Waals surface area (Å²) in [5, 5.41) is 12.0. The molecule has 130 valence electrons. The third kappa shape index (κ3) is 3.90. The second-order valence-corrected chi connectivity index (χ2v) is 5.73. The predicted molar refractivity (Wildman–Crippen MR) is 89.1 cm³/mol. The maximum absolute atomic E-state index is 13.7. The van der Waals surface area contributed by atoms with Gasteiger partial charge in [-0.1, -0.05) is 23.4 Å². The van der Waals surface area contributed by atoms with Crippen LogP contribution in [0.1, 0.15) is 28.5 Å². The second-order valence-electron chi connectivity index (χ2n) is 5.73. The van der Waals surface area contributed by atoms with E-state index < -0.39 is 0 Å². The van der Waals surface area contributed by atoms with Crippen molar-refractivity contribution in [3.8, 4) is 0 Å². The molecule has 0 aliphatic rings. The zero-order valence-corrected chi connectivity index (χ0v) is 14.1. The fourth-order valence-electron chi connectivity index (χ4n) is 2.54. The molecule has 0 saturated heterocycles. The minimum absolute atomic E-state index is 0.217. The van der Waals surface area contributed by atoms with Crippen LogP contribution in [0, 0.1) is 5.82 Å². The highest BCUT2D eigenvalue weighted by molar-refractivity contribution is 5.91. The maximum Gasteiger partial charge on any atom is 0.276 e. The van der Waals surface area contributed by atoms with Crippen molar-refractivity contribution < 1.29 is 9.18 Å². The first kappa shape index (κ1) is 16.8. The van der Waals surface area contributed by atoms with Crippen molar-refractivity contribution in [2.45, 2.75) is 20.0 Å². The molecule has 0 spiro atoms. The summed E-state index contributed by atoms with van der Waals surface area (Å²) in [5.74, 6) is -0.524. The zero-order valence-electron chi connectivity index (χ0n) is 14.1. The Kier molecular flexibility index (Phi) is 4.87. The van der Waals surface area contributed by atoms with Crippen molar-refractivity contribution in [2.24, 2.45) is 7.05 Å². The van der Waals surface area contributed by atoms with E-state index in [1.807, 2.05) is 20.2 Å². The number of aromatic nitrogens is 5. The van der Waals surface area contributed by atoms with Crippen LogP contribution in [0.5, 0.6) is 0 Å². The number of carbonyl (C=O) groups excluding carboxylic acids is 1. The molecule has 2 aromatic heterocycles. The summed E-state index contributed by atoms with van der Waals surface area (Å²) in [4.78, 5) is 14.3. The Labute approximate surface area is 144 Å². The van der Waals surface area contributed by atoms with Crippen LogP contribution in [0.3, 0.4) is 0 Å². The number of hydrogen-bond donors (Lipinski definition) is 0. The highest BCUT2D eigenvalue weighted by Gasteiger charge is 2.19. The average Bonchev–Trinajstić information content (AvgIpc) is 3.23. The Bertz CT molecular complexity index is 871. The standard InChI is InChI=1S/C17H19FN6O/c1-3-23(10-13-8-19-22(2)9-13)17(25)16-12-24(21-20-16)11-14-6-4-5-7-15(14)18/h4-9,12H,3,10-11H2,1-2H3. The van der Waals surface area contributed by atoms with Crippen molar-refractivity contribution in [2.75, 3.05) is 6.54 Å². The molecule has 0 atom stereocenters. The second kappa shape index (κ2) is 7.25. The van der Waals surface area contributed by atoms with Gasteiger partial charge in [0.2, 0.25) is 0 Å². The molecule has 7 nitrogen and oxygen atoms in total. The summed E-state index contributed by atoms with van der Waals surface area (Å²) in [6, 6.07) is 6.46. The van der Waals surface area contributed by atoms with E-state index in [1.54, 1.807) is 40.2 Å². The lowest BCUT2D eigenvalue weighted by Gasteiger charge is -2.18. The molecule has 0 N–H and O–H groups in total. The first-order chi connectivity index (χ1) is 12.1. The number of nitrogens with zero attached hydrogens (tertiary/aromatic N) is 6. The zero-order chi connectivity index (χ0) is 17.8. The molecular weight excluding hydrogens is 323 g/mol. The molecule has 0 aliphatic carbocycles. The van der Waals surface area contributed by atoms with E-state index in [-0.39, 0.29) is 24.0 Å². The largest absolute Gasteiger partial charge is 0.333 e. The Hall–Kier alpha value is -3.03. The van der Waals surface area contributed by atoms with Gasteiger partial charge in [-0.25, -0.2) is 9.07 Å². The van der Waals surface area contributed by atoms with Gasteiger partial charge in [-0.3, -0.25) is 9.48 Å². The molecule has 2 heterocycles. The first-order valence-corrected chi connectivity index (χ1v) is 7.97. The van der Waals surface area contributed by atoms with Crippen molar-refractivity contribution in [3.63, 3.8) is 0 Å². The van der Waals surface area contributed by atoms with Gasteiger partial charge in [0, 0.05) is 37.5 Å².